The van der Waals surface area contributed by atoms with Crippen LogP contribution in [0.5, 0.6) is 0 Å². The predicted molar refractivity (Wildman–Crippen MR) is 123 cm³/mol. The SMILES string of the molecule is O=C(O)C1(c2ccc(Nc3nc(-c4ccc(F)cc4)cc(N4CCOCC4)n3)cc2)CCC1. The number of nitrogens with one attached hydrogen (secondary N) is 1. The lowest BCUT2D eigenvalue weighted by Gasteiger charge is -2.38. The molecule has 0 radical (unpaired) electrons. The maximum atomic E-state index is 13.4. The number of anilines is 3. The predicted octanol–water partition coefficient (Wildman–Crippen LogP) is 4.37. The van der Waals surface area contributed by atoms with E-state index in [9.17, 15) is 14.3 Å². The molecule has 1 saturated heterocycles. The van der Waals surface area contributed by atoms with Crippen molar-refractivity contribution < 1.29 is 19.0 Å². The molecule has 0 spiro atoms. The molecule has 170 valence electrons. The van der Waals surface area contributed by atoms with Crippen LogP contribution in [0.25, 0.3) is 11.3 Å². The van der Waals surface area contributed by atoms with E-state index < -0.39 is 11.4 Å². The number of halogens is 1. The molecular weight excluding hydrogens is 423 g/mol. The number of aromatic nitrogens is 2. The van der Waals surface area contributed by atoms with Crippen molar-refractivity contribution in [2.24, 2.45) is 0 Å². The Bertz CT molecular complexity index is 1140. The monoisotopic (exact) mass is 448 g/mol. The Morgan fingerprint density at radius 1 is 1.03 bits per heavy atom. The topological polar surface area (TPSA) is 87.6 Å². The average Bonchev–Trinajstić information content (AvgIpc) is 2.80. The van der Waals surface area contributed by atoms with E-state index in [-0.39, 0.29) is 5.82 Å². The Balaban J connectivity index is 1.44. The Kier molecular flexibility index (Phi) is 5.68. The van der Waals surface area contributed by atoms with E-state index in [1.165, 1.54) is 12.1 Å². The third kappa shape index (κ3) is 4.26. The number of morpholine rings is 1. The van der Waals surface area contributed by atoms with Crippen LogP contribution in [0.1, 0.15) is 24.8 Å². The minimum atomic E-state index is -0.764. The van der Waals surface area contributed by atoms with Crippen molar-refractivity contribution in [3.05, 3.63) is 66.0 Å². The largest absolute Gasteiger partial charge is 0.481 e. The summed E-state index contributed by atoms with van der Waals surface area (Å²) in [5.41, 5.74) is 2.30. The van der Waals surface area contributed by atoms with Gasteiger partial charge in [0.1, 0.15) is 11.6 Å². The lowest BCUT2D eigenvalue weighted by atomic mass is 9.64. The van der Waals surface area contributed by atoms with E-state index in [0.29, 0.717) is 37.7 Å². The third-order valence-electron chi connectivity index (χ3n) is 6.50. The molecule has 5 rings (SSSR count). The van der Waals surface area contributed by atoms with Gasteiger partial charge in [-0.15, -0.1) is 0 Å². The van der Waals surface area contributed by atoms with Crippen molar-refractivity contribution in [3.8, 4) is 11.3 Å². The van der Waals surface area contributed by atoms with Gasteiger partial charge in [-0.25, -0.2) is 9.37 Å². The summed E-state index contributed by atoms with van der Waals surface area (Å²) < 4.78 is 18.9. The van der Waals surface area contributed by atoms with E-state index in [0.717, 1.165) is 42.1 Å². The van der Waals surface area contributed by atoms with Crippen LogP contribution in [-0.2, 0) is 14.9 Å². The van der Waals surface area contributed by atoms with Gasteiger partial charge in [0.2, 0.25) is 5.95 Å². The molecule has 8 heteroatoms. The fourth-order valence-electron chi connectivity index (χ4n) is 4.37. The van der Waals surface area contributed by atoms with E-state index >= 15 is 0 Å². The van der Waals surface area contributed by atoms with Crippen molar-refractivity contribution in [2.75, 3.05) is 36.5 Å². The summed E-state index contributed by atoms with van der Waals surface area (Å²) in [4.78, 5) is 23.3. The molecule has 2 aliphatic rings. The molecule has 0 unspecified atom stereocenters. The number of hydrogen-bond acceptors (Lipinski definition) is 6. The molecule has 2 aromatic carbocycles. The van der Waals surface area contributed by atoms with Gasteiger partial charge in [0.15, 0.2) is 0 Å². The van der Waals surface area contributed by atoms with Gasteiger partial charge in [0, 0.05) is 30.4 Å². The summed E-state index contributed by atoms with van der Waals surface area (Å²) in [6.07, 6.45) is 2.27. The highest BCUT2D eigenvalue weighted by molar-refractivity contribution is 5.82. The first-order chi connectivity index (χ1) is 16.0. The summed E-state index contributed by atoms with van der Waals surface area (Å²) in [5.74, 6) is 0.124. The minimum Gasteiger partial charge on any atom is -0.481 e. The second kappa shape index (κ2) is 8.78. The van der Waals surface area contributed by atoms with Crippen LogP contribution in [0, 0.1) is 5.82 Å². The zero-order chi connectivity index (χ0) is 22.8. The van der Waals surface area contributed by atoms with Crippen molar-refractivity contribution in [2.45, 2.75) is 24.7 Å². The lowest BCUT2D eigenvalue weighted by Crippen LogP contribution is -2.42. The van der Waals surface area contributed by atoms with Gasteiger partial charge in [-0.05, 0) is 54.8 Å². The number of carboxylic acid groups (broad SMARTS) is 1. The van der Waals surface area contributed by atoms with Gasteiger partial charge in [0.25, 0.3) is 0 Å². The number of benzene rings is 2. The number of hydrogen-bond donors (Lipinski definition) is 2. The lowest BCUT2D eigenvalue weighted by molar-refractivity contribution is -0.147. The van der Waals surface area contributed by atoms with Crippen molar-refractivity contribution in [1.82, 2.24) is 9.97 Å². The smallest absolute Gasteiger partial charge is 0.314 e. The first-order valence-electron chi connectivity index (χ1n) is 11.1. The second-order valence-corrected chi connectivity index (χ2v) is 8.48. The first-order valence-corrected chi connectivity index (χ1v) is 11.1. The number of aliphatic carboxylic acids is 1. The van der Waals surface area contributed by atoms with Gasteiger partial charge >= 0.3 is 5.97 Å². The number of ether oxygens (including phenoxy) is 1. The molecule has 1 aromatic heterocycles. The molecule has 0 atom stereocenters. The highest BCUT2D eigenvalue weighted by Crippen LogP contribution is 2.44. The molecule has 2 heterocycles. The molecule has 1 saturated carbocycles. The fraction of sp³-hybridized carbons (Fsp3) is 0.320. The Hall–Kier alpha value is -3.52. The van der Waals surface area contributed by atoms with Crippen LogP contribution in [-0.4, -0.2) is 47.3 Å². The van der Waals surface area contributed by atoms with Gasteiger partial charge in [-0.1, -0.05) is 18.6 Å². The van der Waals surface area contributed by atoms with Crippen LogP contribution in [0.2, 0.25) is 0 Å². The summed E-state index contributed by atoms with van der Waals surface area (Å²) in [6.45, 7) is 2.72. The van der Waals surface area contributed by atoms with Crippen molar-refractivity contribution in [3.63, 3.8) is 0 Å². The van der Waals surface area contributed by atoms with E-state index in [4.69, 9.17) is 9.72 Å². The van der Waals surface area contributed by atoms with Crippen LogP contribution in [0.3, 0.4) is 0 Å². The van der Waals surface area contributed by atoms with Crippen LogP contribution < -0.4 is 10.2 Å². The van der Waals surface area contributed by atoms with Gasteiger partial charge in [-0.3, -0.25) is 4.79 Å². The van der Waals surface area contributed by atoms with E-state index in [1.54, 1.807) is 12.1 Å². The van der Waals surface area contributed by atoms with E-state index in [2.05, 4.69) is 15.2 Å². The zero-order valence-electron chi connectivity index (χ0n) is 18.1. The van der Waals surface area contributed by atoms with Gasteiger partial charge in [-0.2, -0.15) is 4.98 Å². The molecular formula is C25H25FN4O3. The van der Waals surface area contributed by atoms with Crippen LogP contribution in [0.4, 0.5) is 21.8 Å². The highest BCUT2D eigenvalue weighted by Gasteiger charge is 2.45. The molecule has 0 bridgehead atoms. The van der Waals surface area contributed by atoms with Crippen LogP contribution >= 0.6 is 0 Å². The quantitative estimate of drug-likeness (QED) is 0.579. The Morgan fingerprint density at radius 2 is 1.73 bits per heavy atom. The zero-order valence-corrected chi connectivity index (χ0v) is 18.1. The Labute approximate surface area is 191 Å². The summed E-state index contributed by atoms with van der Waals surface area (Å²) in [5, 5.41) is 12.9. The summed E-state index contributed by atoms with van der Waals surface area (Å²) in [7, 11) is 0. The van der Waals surface area contributed by atoms with Crippen LogP contribution in [0.15, 0.2) is 54.6 Å². The Morgan fingerprint density at radius 3 is 2.33 bits per heavy atom. The molecule has 0 amide bonds. The molecule has 3 aromatic rings. The third-order valence-corrected chi connectivity index (χ3v) is 6.50. The number of carboxylic acids is 1. The molecule has 1 aliphatic heterocycles. The fourth-order valence-corrected chi connectivity index (χ4v) is 4.37. The van der Waals surface area contributed by atoms with Crippen molar-refractivity contribution in [1.29, 1.82) is 0 Å². The van der Waals surface area contributed by atoms with Crippen molar-refractivity contribution >= 4 is 23.4 Å². The minimum absolute atomic E-state index is 0.301. The van der Waals surface area contributed by atoms with E-state index in [1.807, 2.05) is 30.3 Å². The van der Waals surface area contributed by atoms with Gasteiger partial charge < -0.3 is 20.1 Å². The molecule has 7 nitrogen and oxygen atoms in total. The molecule has 2 N–H and O–H groups in total. The highest BCUT2D eigenvalue weighted by atomic mass is 19.1. The standard InChI is InChI=1S/C25H25FN4O3/c26-19-6-2-17(3-7-19)21-16-22(30-12-14-33-15-13-30)29-24(28-21)27-20-8-4-18(5-9-20)25(23(31)32)10-1-11-25/h2-9,16H,1,10-15H2,(H,31,32)(H,27,28,29). The number of carbonyl (C=O) groups is 1. The molecule has 33 heavy (non-hydrogen) atoms. The summed E-state index contributed by atoms with van der Waals surface area (Å²) >= 11 is 0. The first kappa shape index (κ1) is 21.3. The second-order valence-electron chi connectivity index (χ2n) is 8.48. The average molecular weight is 448 g/mol. The van der Waals surface area contributed by atoms with Gasteiger partial charge in [0.05, 0.1) is 24.3 Å². The molecule has 1 aliphatic carbocycles. The summed E-state index contributed by atoms with van der Waals surface area (Å²) in [6, 6.07) is 15.6. The maximum absolute atomic E-state index is 13.4. The molecule has 2 fully saturated rings. The number of rotatable bonds is 6. The number of nitrogens with zero attached hydrogens (tertiary/aromatic N) is 3. The maximum Gasteiger partial charge on any atom is 0.314 e. The normalized spacial score (nSPS) is 17.3.